The van der Waals surface area contributed by atoms with E-state index in [0.717, 1.165) is 42.7 Å². The number of ether oxygens (including phenoxy) is 2. The average Bonchev–Trinajstić information content (AvgIpc) is 3.06. The van der Waals surface area contributed by atoms with E-state index in [9.17, 15) is 9.59 Å². The van der Waals surface area contributed by atoms with Crippen molar-refractivity contribution < 1.29 is 19.1 Å². The van der Waals surface area contributed by atoms with E-state index < -0.39 is 0 Å². The van der Waals surface area contributed by atoms with E-state index >= 15 is 0 Å². The molecule has 0 spiro atoms. The van der Waals surface area contributed by atoms with Crippen molar-refractivity contribution in [2.45, 2.75) is 57.3 Å². The molecule has 34 heavy (non-hydrogen) atoms. The SMILES string of the molecule is O=C([C@@H]1COc2ccccc2C1)N1CC(=O)N(C2CCCCC2)C[C@H](OCc2ccccn2)C1. The Balaban J connectivity index is 1.32. The van der Waals surface area contributed by atoms with Crippen LogP contribution in [0.5, 0.6) is 5.75 Å². The Hall–Kier alpha value is -2.93. The Kier molecular flexibility index (Phi) is 7.09. The zero-order valence-electron chi connectivity index (χ0n) is 19.6. The molecule has 7 heteroatoms. The summed E-state index contributed by atoms with van der Waals surface area (Å²) in [6.07, 6.45) is 7.71. The minimum atomic E-state index is -0.291. The van der Waals surface area contributed by atoms with E-state index in [4.69, 9.17) is 9.47 Å². The van der Waals surface area contributed by atoms with E-state index in [1.165, 1.54) is 6.42 Å². The van der Waals surface area contributed by atoms with E-state index in [1.807, 2.05) is 47.4 Å². The van der Waals surface area contributed by atoms with Gasteiger partial charge in [-0.25, -0.2) is 0 Å². The van der Waals surface area contributed by atoms with Crippen LogP contribution in [-0.4, -0.2) is 65.0 Å². The predicted molar refractivity (Wildman–Crippen MR) is 127 cm³/mol. The number of amides is 2. The van der Waals surface area contributed by atoms with Gasteiger partial charge in [0.25, 0.3) is 0 Å². The van der Waals surface area contributed by atoms with Gasteiger partial charge in [-0.2, -0.15) is 0 Å². The molecule has 0 N–H and O–H groups in total. The molecule has 7 nitrogen and oxygen atoms in total. The second-order valence-electron chi connectivity index (χ2n) is 9.63. The van der Waals surface area contributed by atoms with Crippen molar-refractivity contribution in [3.8, 4) is 5.75 Å². The Morgan fingerprint density at radius 1 is 1.06 bits per heavy atom. The molecule has 2 atom stereocenters. The molecular formula is C27H33N3O4. The Labute approximate surface area is 201 Å². The number of carbonyl (C=O) groups is 2. The zero-order chi connectivity index (χ0) is 23.3. The Morgan fingerprint density at radius 2 is 1.88 bits per heavy atom. The monoisotopic (exact) mass is 463 g/mol. The quantitative estimate of drug-likeness (QED) is 0.681. The zero-order valence-corrected chi connectivity index (χ0v) is 19.6. The summed E-state index contributed by atoms with van der Waals surface area (Å²) in [6.45, 7) is 1.73. The van der Waals surface area contributed by atoms with Crippen molar-refractivity contribution in [3.63, 3.8) is 0 Å². The Bertz CT molecular complexity index is 992. The number of hydrogen-bond acceptors (Lipinski definition) is 5. The van der Waals surface area contributed by atoms with Crippen molar-refractivity contribution >= 4 is 11.8 Å². The third-order valence-corrected chi connectivity index (χ3v) is 7.22. The van der Waals surface area contributed by atoms with Crippen molar-refractivity contribution in [2.75, 3.05) is 26.2 Å². The maximum absolute atomic E-state index is 13.6. The van der Waals surface area contributed by atoms with Gasteiger partial charge in [-0.3, -0.25) is 14.6 Å². The highest BCUT2D eigenvalue weighted by atomic mass is 16.5. The number of fused-ring (bicyclic) bond motifs is 1. The summed E-state index contributed by atoms with van der Waals surface area (Å²) in [5.41, 5.74) is 1.89. The van der Waals surface area contributed by atoms with Gasteiger partial charge in [0.2, 0.25) is 11.8 Å². The third kappa shape index (κ3) is 5.25. The van der Waals surface area contributed by atoms with Crippen LogP contribution in [0.4, 0.5) is 0 Å². The molecule has 5 rings (SSSR count). The van der Waals surface area contributed by atoms with Gasteiger partial charge < -0.3 is 19.3 Å². The fourth-order valence-electron chi connectivity index (χ4n) is 5.39. The molecule has 1 aromatic carbocycles. The molecule has 1 aromatic heterocycles. The summed E-state index contributed by atoms with van der Waals surface area (Å²) in [4.78, 5) is 35.0. The largest absolute Gasteiger partial charge is 0.492 e. The normalized spacial score (nSPS) is 23.7. The van der Waals surface area contributed by atoms with Gasteiger partial charge in [-0.15, -0.1) is 0 Å². The Morgan fingerprint density at radius 3 is 2.71 bits per heavy atom. The first-order valence-corrected chi connectivity index (χ1v) is 12.5. The lowest BCUT2D eigenvalue weighted by atomic mass is 9.94. The number of nitrogens with zero attached hydrogens (tertiary/aromatic N) is 3. The number of benzene rings is 1. The smallest absolute Gasteiger partial charge is 0.242 e. The van der Waals surface area contributed by atoms with Crippen LogP contribution in [0.1, 0.15) is 43.4 Å². The van der Waals surface area contributed by atoms with Crippen LogP contribution in [0.3, 0.4) is 0 Å². The van der Waals surface area contributed by atoms with Gasteiger partial charge in [0, 0.05) is 25.3 Å². The van der Waals surface area contributed by atoms with Crippen molar-refractivity contribution in [2.24, 2.45) is 5.92 Å². The summed E-state index contributed by atoms with van der Waals surface area (Å²) in [6, 6.07) is 13.8. The van der Waals surface area contributed by atoms with Gasteiger partial charge in [-0.05, 0) is 43.0 Å². The van der Waals surface area contributed by atoms with Gasteiger partial charge >= 0.3 is 0 Å². The molecule has 1 saturated carbocycles. The third-order valence-electron chi connectivity index (χ3n) is 7.22. The number of rotatable bonds is 5. The summed E-state index contributed by atoms with van der Waals surface area (Å²) in [5, 5.41) is 0. The lowest BCUT2D eigenvalue weighted by Crippen LogP contribution is -2.47. The summed E-state index contributed by atoms with van der Waals surface area (Å²) >= 11 is 0. The molecule has 0 radical (unpaired) electrons. The maximum Gasteiger partial charge on any atom is 0.242 e. The highest BCUT2D eigenvalue weighted by Crippen LogP contribution is 2.29. The van der Waals surface area contributed by atoms with E-state index in [0.29, 0.717) is 32.7 Å². The van der Waals surface area contributed by atoms with Gasteiger partial charge in [0.15, 0.2) is 0 Å². The minimum absolute atomic E-state index is 0.0280. The lowest BCUT2D eigenvalue weighted by molar-refractivity contribution is -0.143. The first-order valence-electron chi connectivity index (χ1n) is 12.5. The van der Waals surface area contributed by atoms with Crippen LogP contribution >= 0.6 is 0 Å². The molecule has 3 aliphatic rings. The molecule has 2 fully saturated rings. The fraction of sp³-hybridized carbons (Fsp3) is 0.519. The van der Waals surface area contributed by atoms with Gasteiger partial charge in [0.1, 0.15) is 12.4 Å². The predicted octanol–water partition coefficient (Wildman–Crippen LogP) is 3.22. The van der Waals surface area contributed by atoms with Crippen LogP contribution in [0.25, 0.3) is 0 Å². The summed E-state index contributed by atoms with van der Waals surface area (Å²) < 4.78 is 12.1. The van der Waals surface area contributed by atoms with E-state index in [-0.39, 0.29) is 36.4 Å². The molecule has 2 aliphatic heterocycles. The first kappa shape index (κ1) is 22.8. The van der Waals surface area contributed by atoms with E-state index in [2.05, 4.69) is 4.98 Å². The van der Waals surface area contributed by atoms with Crippen LogP contribution in [-0.2, 0) is 27.4 Å². The van der Waals surface area contributed by atoms with Crippen LogP contribution < -0.4 is 4.74 Å². The van der Waals surface area contributed by atoms with Gasteiger partial charge in [-0.1, -0.05) is 43.5 Å². The van der Waals surface area contributed by atoms with Crippen molar-refractivity contribution in [1.29, 1.82) is 0 Å². The lowest BCUT2D eigenvalue weighted by Gasteiger charge is -2.34. The topological polar surface area (TPSA) is 72.0 Å². The van der Waals surface area contributed by atoms with Crippen molar-refractivity contribution in [1.82, 2.24) is 14.8 Å². The summed E-state index contributed by atoms with van der Waals surface area (Å²) in [5.74, 6) is 0.556. The fourth-order valence-corrected chi connectivity index (χ4v) is 5.39. The molecular weight excluding hydrogens is 430 g/mol. The highest BCUT2D eigenvalue weighted by Gasteiger charge is 2.37. The van der Waals surface area contributed by atoms with Crippen LogP contribution in [0, 0.1) is 5.92 Å². The molecule has 1 aliphatic carbocycles. The number of aromatic nitrogens is 1. The molecule has 2 amide bonds. The maximum atomic E-state index is 13.6. The molecule has 2 aromatic rings. The van der Waals surface area contributed by atoms with Crippen molar-refractivity contribution in [3.05, 3.63) is 59.9 Å². The minimum Gasteiger partial charge on any atom is -0.492 e. The molecule has 0 bridgehead atoms. The molecule has 0 unspecified atom stereocenters. The molecule has 3 heterocycles. The summed E-state index contributed by atoms with van der Waals surface area (Å²) in [7, 11) is 0. The number of pyridine rings is 1. The van der Waals surface area contributed by atoms with Crippen LogP contribution in [0.15, 0.2) is 48.7 Å². The standard InChI is InChI=1S/C27H33N3O4/c31-26-17-29(27(32)21-14-20-8-4-5-12-25(20)34-18-21)15-24(33-19-22-9-6-7-13-28-22)16-30(26)23-10-2-1-3-11-23/h4-9,12-13,21,23-24H,1-3,10-11,14-19H2/t21-,24+/m0/s1. The molecule has 1 saturated heterocycles. The average molecular weight is 464 g/mol. The second-order valence-corrected chi connectivity index (χ2v) is 9.63. The first-order chi connectivity index (χ1) is 16.7. The highest BCUT2D eigenvalue weighted by molar-refractivity contribution is 5.87. The van der Waals surface area contributed by atoms with E-state index in [1.54, 1.807) is 11.1 Å². The van der Waals surface area contributed by atoms with Gasteiger partial charge in [0.05, 0.1) is 30.9 Å². The number of hydrogen-bond donors (Lipinski definition) is 0. The molecule has 180 valence electrons. The number of para-hydroxylation sites is 1. The second kappa shape index (κ2) is 10.6. The number of carbonyl (C=O) groups excluding carboxylic acids is 2. The van der Waals surface area contributed by atoms with Crippen LogP contribution in [0.2, 0.25) is 0 Å².